The first kappa shape index (κ1) is 28.1. The number of hydrogen-bond acceptors (Lipinski definition) is 4. The highest BCUT2D eigenvalue weighted by atomic mass is 79.9. The third-order valence-corrected chi connectivity index (χ3v) is 8.23. The molecule has 1 fully saturated rings. The quantitative estimate of drug-likeness (QED) is 0.180. The molecule has 0 aliphatic carbocycles. The summed E-state index contributed by atoms with van der Waals surface area (Å²) in [7, 11) is 0. The van der Waals surface area contributed by atoms with Crippen molar-refractivity contribution in [1.29, 1.82) is 0 Å². The topological polar surface area (TPSA) is 77.8 Å². The van der Waals surface area contributed by atoms with E-state index in [1.807, 2.05) is 0 Å². The van der Waals surface area contributed by atoms with Crippen LogP contribution in [0.1, 0.15) is 96.0 Å². The standard InChI is InChI=1S/C26H37Br2NO4/c1-2-3-4-5-6-7-8-9-10-11-12-13-14-15-23(31)29-17-16-26(33,25(29)32)20-18-21(27)24(28)22(30)19-20/h7-8,18-19,30,33H,2-6,9-17H2,1H3/t26-/m0/s1. The van der Waals surface area contributed by atoms with Crippen LogP contribution in [0.2, 0.25) is 0 Å². The molecule has 0 unspecified atom stereocenters. The molecule has 1 atom stereocenters. The minimum atomic E-state index is -1.79. The summed E-state index contributed by atoms with van der Waals surface area (Å²) in [5, 5.41) is 21.0. The van der Waals surface area contributed by atoms with Crippen molar-refractivity contribution in [1.82, 2.24) is 4.90 Å². The maximum atomic E-state index is 12.9. The fourth-order valence-corrected chi connectivity index (χ4v) is 4.83. The van der Waals surface area contributed by atoms with Gasteiger partial charge in [0.1, 0.15) is 5.75 Å². The van der Waals surface area contributed by atoms with E-state index in [9.17, 15) is 19.8 Å². The molecule has 33 heavy (non-hydrogen) atoms. The average molecular weight is 587 g/mol. The van der Waals surface area contributed by atoms with Crippen molar-refractivity contribution in [2.24, 2.45) is 0 Å². The van der Waals surface area contributed by atoms with Gasteiger partial charge in [-0.2, -0.15) is 0 Å². The van der Waals surface area contributed by atoms with Gasteiger partial charge in [-0.1, -0.05) is 57.6 Å². The first-order valence-corrected chi connectivity index (χ1v) is 13.8. The van der Waals surface area contributed by atoms with E-state index < -0.39 is 11.5 Å². The van der Waals surface area contributed by atoms with Crippen LogP contribution in [0.15, 0.2) is 33.2 Å². The SMILES string of the molecule is CCCCCCC=CCCCCCCCC(=O)N1CC[C@](O)(c2cc(O)c(Br)c(Br)c2)C1=O. The summed E-state index contributed by atoms with van der Waals surface area (Å²) in [6.45, 7) is 2.42. The van der Waals surface area contributed by atoms with Crippen molar-refractivity contribution >= 4 is 43.7 Å². The van der Waals surface area contributed by atoms with E-state index in [1.54, 1.807) is 6.07 Å². The molecule has 2 N–H and O–H groups in total. The van der Waals surface area contributed by atoms with Gasteiger partial charge in [-0.05, 0) is 81.7 Å². The van der Waals surface area contributed by atoms with Gasteiger partial charge in [0.05, 0.1) is 4.47 Å². The number of carbonyl (C=O) groups is 2. The summed E-state index contributed by atoms with van der Waals surface area (Å²) in [5.74, 6) is -0.919. The zero-order valence-electron chi connectivity index (χ0n) is 19.6. The number of nitrogens with zero attached hydrogens (tertiary/aromatic N) is 1. The number of hydrogen-bond donors (Lipinski definition) is 2. The average Bonchev–Trinajstić information content (AvgIpc) is 3.10. The zero-order chi connectivity index (χ0) is 24.3. The van der Waals surface area contributed by atoms with Crippen molar-refractivity contribution < 1.29 is 19.8 Å². The highest BCUT2D eigenvalue weighted by molar-refractivity contribution is 9.13. The lowest BCUT2D eigenvalue weighted by Crippen LogP contribution is -2.40. The van der Waals surface area contributed by atoms with E-state index in [1.165, 1.54) is 44.6 Å². The molecule has 0 aromatic heterocycles. The zero-order valence-corrected chi connectivity index (χ0v) is 22.8. The van der Waals surface area contributed by atoms with Crippen LogP contribution in [0.5, 0.6) is 5.75 Å². The van der Waals surface area contributed by atoms with Gasteiger partial charge >= 0.3 is 0 Å². The van der Waals surface area contributed by atoms with E-state index in [0.29, 0.717) is 15.4 Å². The van der Waals surface area contributed by atoms with Crippen molar-refractivity contribution in [2.75, 3.05) is 6.54 Å². The van der Waals surface area contributed by atoms with Gasteiger partial charge in [-0.15, -0.1) is 0 Å². The van der Waals surface area contributed by atoms with Crippen molar-refractivity contribution in [3.63, 3.8) is 0 Å². The summed E-state index contributed by atoms with van der Waals surface area (Å²) < 4.78 is 0.984. The lowest BCUT2D eigenvalue weighted by molar-refractivity contribution is -0.151. The molecule has 1 aromatic rings. The highest BCUT2D eigenvalue weighted by Crippen LogP contribution is 2.40. The van der Waals surface area contributed by atoms with Crippen LogP contribution < -0.4 is 0 Å². The third-order valence-electron chi connectivity index (χ3n) is 6.24. The van der Waals surface area contributed by atoms with Crippen LogP contribution in [-0.4, -0.2) is 33.5 Å². The number of aliphatic hydroxyl groups is 1. The highest BCUT2D eigenvalue weighted by Gasteiger charge is 2.48. The van der Waals surface area contributed by atoms with E-state index in [0.717, 1.165) is 37.0 Å². The number of halogens is 2. The van der Waals surface area contributed by atoms with Gasteiger partial charge in [0, 0.05) is 23.9 Å². The summed E-state index contributed by atoms with van der Waals surface area (Å²) in [4.78, 5) is 26.6. The number of likely N-dealkylation sites (tertiary alicyclic amines) is 1. The number of rotatable bonds is 14. The van der Waals surface area contributed by atoms with Gasteiger partial charge < -0.3 is 10.2 Å². The largest absolute Gasteiger partial charge is 0.507 e. The molecule has 184 valence electrons. The lowest BCUT2D eigenvalue weighted by Gasteiger charge is -2.23. The Morgan fingerprint density at radius 1 is 1.03 bits per heavy atom. The number of amides is 2. The van der Waals surface area contributed by atoms with Gasteiger partial charge in [-0.25, -0.2) is 0 Å². The fraction of sp³-hybridized carbons (Fsp3) is 0.615. The normalized spacial score (nSPS) is 18.5. The van der Waals surface area contributed by atoms with Crippen LogP contribution in [-0.2, 0) is 15.2 Å². The molecule has 7 heteroatoms. The van der Waals surface area contributed by atoms with Crippen LogP contribution in [0.4, 0.5) is 0 Å². The smallest absolute Gasteiger partial charge is 0.265 e. The minimum Gasteiger partial charge on any atom is -0.507 e. The summed E-state index contributed by atoms with van der Waals surface area (Å²) >= 11 is 6.53. The van der Waals surface area contributed by atoms with Crippen molar-refractivity contribution in [3.05, 3.63) is 38.8 Å². The molecule has 1 aromatic carbocycles. The molecule has 2 rings (SSSR count). The van der Waals surface area contributed by atoms with E-state index in [-0.39, 0.29) is 30.2 Å². The number of phenols is 1. The molecule has 1 aliphatic heterocycles. The van der Waals surface area contributed by atoms with Crippen LogP contribution in [0, 0.1) is 0 Å². The van der Waals surface area contributed by atoms with Gasteiger partial charge in [0.15, 0.2) is 5.60 Å². The second-order valence-corrected chi connectivity index (χ2v) is 10.5. The maximum absolute atomic E-state index is 12.9. The van der Waals surface area contributed by atoms with Gasteiger partial charge in [0.2, 0.25) is 5.91 Å². The molecule has 2 amide bonds. The molecule has 1 aliphatic rings. The number of imide groups is 1. The second-order valence-electron chi connectivity index (χ2n) is 8.88. The number of benzene rings is 1. The van der Waals surface area contributed by atoms with E-state index in [2.05, 4.69) is 50.9 Å². The second kappa shape index (κ2) is 14.3. The summed E-state index contributed by atoms with van der Waals surface area (Å²) in [6, 6.07) is 2.96. The first-order chi connectivity index (χ1) is 15.8. The predicted octanol–water partition coefficient (Wildman–Crippen LogP) is 7.12. The molecule has 1 saturated heterocycles. The lowest BCUT2D eigenvalue weighted by atomic mass is 9.92. The molecule has 1 heterocycles. The van der Waals surface area contributed by atoms with Crippen LogP contribution in [0.3, 0.4) is 0 Å². The Morgan fingerprint density at radius 3 is 2.27 bits per heavy atom. The third kappa shape index (κ3) is 8.22. The van der Waals surface area contributed by atoms with Crippen molar-refractivity contribution in [2.45, 2.75) is 96.0 Å². The molecule has 0 bridgehead atoms. The molecule has 0 saturated carbocycles. The predicted molar refractivity (Wildman–Crippen MR) is 139 cm³/mol. The Bertz CT molecular complexity index is 804. The minimum absolute atomic E-state index is 0.0761. The van der Waals surface area contributed by atoms with Crippen LogP contribution >= 0.6 is 31.9 Å². The number of phenolic OH excluding ortho intramolecular Hbond substituents is 1. The Balaban J connectivity index is 1.66. The maximum Gasteiger partial charge on any atom is 0.265 e. The summed E-state index contributed by atoms with van der Waals surface area (Å²) in [6.07, 6.45) is 17.7. The van der Waals surface area contributed by atoms with Crippen LogP contribution in [0.25, 0.3) is 0 Å². The van der Waals surface area contributed by atoms with E-state index >= 15 is 0 Å². The summed E-state index contributed by atoms with van der Waals surface area (Å²) in [5.41, 5.74) is -1.51. The van der Waals surface area contributed by atoms with Gasteiger partial charge in [-0.3, -0.25) is 14.5 Å². The number of aromatic hydroxyl groups is 1. The Labute approximate surface area is 214 Å². The van der Waals surface area contributed by atoms with Gasteiger partial charge in [0.25, 0.3) is 5.91 Å². The Morgan fingerprint density at radius 2 is 1.64 bits per heavy atom. The Kier molecular flexibility index (Phi) is 12.1. The molecule has 0 radical (unpaired) electrons. The fourth-order valence-electron chi connectivity index (χ4n) is 4.15. The molecular weight excluding hydrogens is 550 g/mol. The van der Waals surface area contributed by atoms with E-state index in [4.69, 9.17) is 0 Å². The monoisotopic (exact) mass is 585 g/mol. The number of allylic oxidation sites excluding steroid dienone is 2. The molecule has 0 spiro atoms. The first-order valence-electron chi connectivity index (χ1n) is 12.2. The Hall–Kier alpha value is -1.18. The van der Waals surface area contributed by atoms with Crippen molar-refractivity contribution in [3.8, 4) is 5.75 Å². The number of carbonyl (C=O) groups excluding carboxylic acids is 2. The molecular formula is C26H37Br2NO4. The number of unbranched alkanes of at least 4 members (excludes halogenated alkanes) is 9. The molecule has 5 nitrogen and oxygen atoms in total.